The molecule has 0 amide bonds. The molecule has 1 aliphatic heterocycles. The second-order valence-electron chi connectivity index (χ2n) is 3.07. The number of rotatable bonds is 1. The Morgan fingerprint density at radius 3 is 3.00 bits per heavy atom. The summed E-state index contributed by atoms with van der Waals surface area (Å²) < 4.78 is 10.5. The molecule has 0 radical (unpaired) electrons. The van der Waals surface area contributed by atoms with Gasteiger partial charge in [0.1, 0.15) is 5.76 Å². The van der Waals surface area contributed by atoms with Gasteiger partial charge in [0.25, 0.3) is 0 Å². The minimum Gasteiger partial charge on any atom is -0.489 e. The summed E-state index contributed by atoms with van der Waals surface area (Å²) in [6.07, 6.45) is 3.20. The van der Waals surface area contributed by atoms with Crippen molar-refractivity contribution in [3.63, 3.8) is 0 Å². The van der Waals surface area contributed by atoms with Crippen molar-refractivity contribution in [1.29, 1.82) is 0 Å². The minimum atomic E-state index is -0.244. The van der Waals surface area contributed by atoms with Gasteiger partial charge in [-0.1, -0.05) is 0 Å². The van der Waals surface area contributed by atoms with Crippen LogP contribution in [0.5, 0.6) is 0 Å². The summed E-state index contributed by atoms with van der Waals surface area (Å²) in [5.74, 6) is 0.824. The number of ether oxygens (including phenoxy) is 1. The summed E-state index contributed by atoms with van der Waals surface area (Å²) in [4.78, 5) is 11.3. The summed E-state index contributed by atoms with van der Waals surface area (Å²) in [5.41, 5.74) is 0.669. The van der Waals surface area contributed by atoms with Crippen molar-refractivity contribution in [2.24, 2.45) is 0 Å². The highest BCUT2D eigenvalue weighted by Gasteiger charge is 2.23. The Hall–Kier alpha value is -1.51. The zero-order valence-corrected chi connectivity index (χ0v) is 7.32. The molecule has 68 valence electrons. The predicted molar refractivity (Wildman–Crippen MR) is 45.9 cm³/mol. The molecule has 0 saturated heterocycles. The Kier molecular flexibility index (Phi) is 1.93. The maximum atomic E-state index is 11.3. The van der Waals surface area contributed by atoms with Crippen LogP contribution >= 0.6 is 0 Å². The van der Waals surface area contributed by atoms with Crippen LogP contribution in [-0.4, -0.2) is 5.78 Å². The molecule has 1 aromatic heterocycles. The van der Waals surface area contributed by atoms with Crippen LogP contribution in [0.25, 0.3) is 0 Å². The number of ketones is 1. The quantitative estimate of drug-likeness (QED) is 0.661. The van der Waals surface area contributed by atoms with E-state index in [2.05, 4.69) is 0 Å². The van der Waals surface area contributed by atoms with Crippen LogP contribution in [0.3, 0.4) is 0 Å². The normalized spacial score (nSPS) is 22.4. The fourth-order valence-electron chi connectivity index (χ4n) is 1.27. The van der Waals surface area contributed by atoms with E-state index in [1.165, 1.54) is 6.26 Å². The van der Waals surface area contributed by atoms with E-state index in [1.54, 1.807) is 19.3 Å². The highest BCUT2D eigenvalue weighted by atomic mass is 16.5. The number of furan rings is 1. The average Bonchev–Trinajstić information content (AvgIpc) is 2.62. The number of hydrogen-bond acceptors (Lipinski definition) is 3. The number of carbonyl (C=O) groups is 1. The van der Waals surface area contributed by atoms with E-state index >= 15 is 0 Å². The van der Waals surface area contributed by atoms with E-state index in [9.17, 15) is 4.79 Å². The highest BCUT2D eigenvalue weighted by Crippen LogP contribution is 2.27. The van der Waals surface area contributed by atoms with E-state index in [0.717, 1.165) is 0 Å². The number of hydrogen-bond donors (Lipinski definition) is 0. The average molecular weight is 178 g/mol. The van der Waals surface area contributed by atoms with Crippen LogP contribution in [0.4, 0.5) is 0 Å². The molecule has 0 bridgehead atoms. The second kappa shape index (κ2) is 3.09. The van der Waals surface area contributed by atoms with Crippen LogP contribution < -0.4 is 0 Å². The molecule has 0 spiro atoms. The first kappa shape index (κ1) is 8.10. The van der Waals surface area contributed by atoms with Crippen molar-refractivity contribution >= 4 is 5.78 Å². The van der Waals surface area contributed by atoms with E-state index < -0.39 is 0 Å². The van der Waals surface area contributed by atoms with Crippen molar-refractivity contribution in [2.45, 2.75) is 19.4 Å². The maximum absolute atomic E-state index is 11.3. The Bertz CT molecular complexity index is 335. The van der Waals surface area contributed by atoms with Crippen molar-refractivity contribution in [2.75, 3.05) is 0 Å². The lowest BCUT2D eigenvalue weighted by molar-refractivity contribution is -0.119. The summed E-state index contributed by atoms with van der Waals surface area (Å²) in [5, 5.41) is 0. The third-order valence-corrected chi connectivity index (χ3v) is 2.08. The van der Waals surface area contributed by atoms with Gasteiger partial charge in [-0.25, -0.2) is 0 Å². The van der Waals surface area contributed by atoms with Crippen molar-refractivity contribution in [1.82, 2.24) is 0 Å². The fourth-order valence-corrected chi connectivity index (χ4v) is 1.27. The SMILES string of the molecule is CC1=CO[C@@H](c2ccco2)CC1=O. The lowest BCUT2D eigenvalue weighted by atomic mass is 10.0. The topological polar surface area (TPSA) is 39.4 Å². The molecule has 0 unspecified atom stereocenters. The van der Waals surface area contributed by atoms with Gasteiger partial charge in [-0.2, -0.15) is 0 Å². The van der Waals surface area contributed by atoms with E-state index in [4.69, 9.17) is 9.15 Å². The molecule has 0 saturated carbocycles. The van der Waals surface area contributed by atoms with Gasteiger partial charge in [0.2, 0.25) is 0 Å². The van der Waals surface area contributed by atoms with Gasteiger partial charge < -0.3 is 9.15 Å². The smallest absolute Gasteiger partial charge is 0.165 e. The molecular weight excluding hydrogens is 168 g/mol. The Morgan fingerprint density at radius 2 is 2.38 bits per heavy atom. The molecule has 0 aromatic carbocycles. The zero-order valence-electron chi connectivity index (χ0n) is 7.32. The predicted octanol–water partition coefficient (Wildman–Crippen LogP) is 2.21. The summed E-state index contributed by atoms with van der Waals surface area (Å²) >= 11 is 0. The first-order valence-electron chi connectivity index (χ1n) is 4.16. The third kappa shape index (κ3) is 1.49. The number of Topliss-reactive ketones (excluding diaryl/α,β-unsaturated/α-hetero) is 1. The van der Waals surface area contributed by atoms with Gasteiger partial charge in [0, 0.05) is 5.57 Å². The highest BCUT2D eigenvalue weighted by molar-refractivity contribution is 5.95. The number of carbonyl (C=O) groups excluding carboxylic acids is 1. The van der Waals surface area contributed by atoms with E-state index in [0.29, 0.717) is 17.8 Å². The van der Waals surface area contributed by atoms with Crippen LogP contribution in [0.2, 0.25) is 0 Å². The molecule has 0 aliphatic carbocycles. The van der Waals surface area contributed by atoms with Crippen molar-refractivity contribution in [3.8, 4) is 0 Å². The minimum absolute atomic E-state index is 0.118. The third-order valence-electron chi connectivity index (χ3n) is 2.08. The van der Waals surface area contributed by atoms with Crippen LogP contribution in [0.1, 0.15) is 25.2 Å². The van der Waals surface area contributed by atoms with Crippen molar-refractivity contribution in [3.05, 3.63) is 36.0 Å². The second-order valence-corrected chi connectivity index (χ2v) is 3.07. The first-order chi connectivity index (χ1) is 6.27. The lowest BCUT2D eigenvalue weighted by Crippen LogP contribution is -2.14. The maximum Gasteiger partial charge on any atom is 0.165 e. The van der Waals surface area contributed by atoms with Gasteiger partial charge in [0.05, 0.1) is 18.9 Å². The van der Waals surface area contributed by atoms with Crippen LogP contribution in [0.15, 0.2) is 34.6 Å². The van der Waals surface area contributed by atoms with Gasteiger partial charge in [0.15, 0.2) is 11.9 Å². The zero-order chi connectivity index (χ0) is 9.26. The molecule has 1 aliphatic rings. The fraction of sp³-hybridized carbons (Fsp3) is 0.300. The van der Waals surface area contributed by atoms with E-state index in [-0.39, 0.29) is 11.9 Å². The molecule has 0 N–H and O–H groups in total. The first-order valence-corrected chi connectivity index (χ1v) is 4.16. The Balaban J connectivity index is 2.18. The summed E-state index contributed by atoms with van der Waals surface area (Å²) in [6.45, 7) is 1.75. The van der Waals surface area contributed by atoms with Gasteiger partial charge in [-0.15, -0.1) is 0 Å². The van der Waals surface area contributed by atoms with Gasteiger partial charge in [-0.05, 0) is 19.1 Å². The Labute approximate surface area is 76.0 Å². The standard InChI is InChI=1S/C10H10O3/c1-7-6-13-10(5-8(7)11)9-3-2-4-12-9/h2-4,6,10H,5H2,1H3/t10-/m1/s1. The molecule has 2 rings (SSSR count). The lowest BCUT2D eigenvalue weighted by Gasteiger charge is -2.18. The molecule has 13 heavy (non-hydrogen) atoms. The van der Waals surface area contributed by atoms with E-state index in [1.807, 2.05) is 6.07 Å². The van der Waals surface area contributed by atoms with Gasteiger partial charge in [-0.3, -0.25) is 4.79 Å². The monoisotopic (exact) mass is 178 g/mol. The van der Waals surface area contributed by atoms with Gasteiger partial charge >= 0.3 is 0 Å². The molecule has 1 atom stereocenters. The summed E-state index contributed by atoms with van der Waals surface area (Å²) in [7, 11) is 0. The summed E-state index contributed by atoms with van der Waals surface area (Å²) in [6, 6.07) is 3.60. The molecule has 1 aromatic rings. The molecular formula is C10H10O3. The largest absolute Gasteiger partial charge is 0.489 e. The molecule has 3 heteroatoms. The Morgan fingerprint density at radius 1 is 1.54 bits per heavy atom. The van der Waals surface area contributed by atoms with Crippen LogP contribution in [0, 0.1) is 0 Å². The van der Waals surface area contributed by atoms with Crippen LogP contribution in [-0.2, 0) is 9.53 Å². The van der Waals surface area contributed by atoms with Crippen molar-refractivity contribution < 1.29 is 13.9 Å². The molecule has 2 heterocycles. The number of allylic oxidation sites excluding steroid dienone is 1. The molecule has 3 nitrogen and oxygen atoms in total. The molecule has 0 fully saturated rings.